The number of nitrogens with two attached hydrogens (primary N) is 2. The Labute approximate surface area is 220 Å². The number of halogens is 3. The van der Waals surface area contributed by atoms with Crippen LogP contribution in [0.1, 0.15) is 29.8 Å². The van der Waals surface area contributed by atoms with Crippen molar-refractivity contribution in [3.8, 4) is 11.3 Å². The molecule has 0 saturated carbocycles. The van der Waals surface area contributed by atoms with Crippen molar-refractivity contribution in [2.24, 2.45) is 5.84 Å². The molecule has 2 atom stereocenters. The summed E-state index contributed by atoms with van der Waals surface area (Å²) in [5, 5.41) is 4.81. The van der Waals surface area contributed by atoms with Crippen molar-refractivity contribution < 1.29 is 18.3 Å². The highest BCUT2D eigenvalue weighted by Gasteiger charge is 2.36. The molecule has 1 fully saturated rings. The van der Waals surface area contributed by atoms with E-state index in [1.165, 1.54) is 24.3 Å². The molecule has 192 valence electrons. The maximum atomic E-state index is 14.6. The summed E-state index contributed by atoms with van der Waals surface area (Å²) in [6.45, 7) is 0.0840. The van der Waals surface area contributed by atoms with E-state index in [4.69, 9.17) is 21.4 Å². The summed E-state index contributed by atoms with van der Waals surface area (Å²) in [6.07, 6.45) is 8.11. The molecule has 1 amide bonds. The van der Waals surface area contributed by atoms with E-state index in [0.717, 1.165) is 10.9 Å². The van der Waals surface area contributed by atoms with E-state index in [1.54, 1.807) is 17.0 Å². The molecule has 3 aromatic rings. The number of hydrogen-bond acceptors (Lipinski definition) is 6. The summed E-state index contributed by atoms with van der Waals surface area (Å²) < 4.78 is 37.0. The third-order valence-corrected chi connectivity index (χ3v) is 7.07. The van der Waals surface area contributed by atoms with E-state index in [2.05, 4.69) is 27.4 Å². The van der Waals surface area contributed by atoms with Crippen LogP contribution in [-0.4, -0.2) is 33.7 Å². The Bertz CT molecular complexity index is 1390. The fraction of sp³-hybridized carbons (Fsp3) is 0.231. The van der Waals surface area contributed by atoms with Gasteiger partial charge in [0.1, 0.15) is 23.9 Å². The molecule has 0 radical (unpaired) electrons. The van der Waals surface area contributed by atoms with E-state index >= 15 is 0 Å². The van der Waals surface area contributed by atoms with Crippen molar-refractivity contribution in [3.63, 3.8) is 0 Å². The minimum absolute atomic E-state index is 0.0356. The van der Waals surface area contributed by atoms with Crippen LogP contribution in [0.2, 0.25) is 0 Å². The molecule has 1 aliphatic heterocycles. The lowest BCUT2D eigenvalue weighted by Crippen LogP contribution is -2.31. The Morgan fingerprint density at radius 1 is 1.22 bits per heavy atom. The zero-order valence-corrected chi connectivity index (χ0v) is 21.3. The van der Waals surface area contributed by atoms with Gasteiger partial charge in [0.05, 0.1) is 17.4 Å². The number of rotatable bonds is 7. The molecule has 2 aromatic carbocycles. The number of nitrogens with zero attached hydrogens (tertiary/aromatic N) is 3. The molecule has 5 rings (SSSR count). The lowest BCUT2D eigenvalue weighted by molar-refractivity contribution is -0.128. The van der Waals surface area contributed by atoms with Gasteiger partial charge in [-0.3, -0.25) is 15.3 Å². The number of amides is 1. The Balaban J connectivity index is 1.46. The second-order valence-corrected chi connectivity index (χ2v) is 9.76. The van der Waals surface area contributed by atoms with E-state index in [0.29, 0.717) is 28.1 Å². The number of nitrogen functional groups attached to an aromatic ring is 2. The van der Waals surface area contributed by atoms with Crippen LogP contribution in [0.3, 0.4) is 0 Å². The molecule has 5 N–H and O–H groups in total. The Kier molecular flexibility index (Phi) is 7.09. The molecular weight excluding hydrogens is 546 g/mol. The van der Waals surface area contributed by atoms with Crippen LogP contribution in [-0.2, 0) is 16.0 Å². The highest BCUT2D eigenvalue weighted by molar-refractivity contribution is 9.11. The summed E-state index contributed by atoms with van der Waals surface area (Å²) in [4.78, 5) is 14.4. The second kappa shape index (κ2) is 10.4. The molecule has 1 aliphatic carbocycles. The van der Waals surface area contributed by atoms with Crippen LogP contribution in [0.15, 0.2) is 65.3 Å². The number of hydrogen-bond donors (Lipinski definition) is 3. The highest BCUT2D eigenvalue weighted by atomic mass is 79.9. The van der Waals surface area contributed by atoms with Crippen molar-refractivity contribution in [1.82, 2.24) is 14.7 Å². The van der Waals surface area contributed by atoms with Crippen molar-refractivity contribution in [3.05, 3.63) is 88.1 Å². The van der Waals surface area contributed by atoms with Crippen LogP contribution in [0.4, 0.5) is 20.2 Å². The average Bonchev–Trinajstić information content (AvgIpc) is 3.48. The Hall–Kier alpha value is -3.54. The molecule has 1 aromatic heterocycles. The number of anilines is 2. The van der Waals surface area contributed by atoms with E-state index in [9.17, 15) is 13.6 Å². The molecule has 8 nitrogen and oxygen atoms in total. The van der Waals surface area contributed by atoms with Crippen molar-refractivity contribution >= 4 is 33.2 Å². The Morgan fingerprint density at radius 2 is 2.00 bits per heavy atom. The van der Waals surface area contributed by atoms with Gasteiger partial charge in [-0.05, 0) is 48.7 Å². The number of benzene rings is 2. The first kappa shape index (κ1) is 25.1. The molecule has 2 unspecified atom stereocenters. The van der Waals surface area contributed by atoms with Gasteiger partial charge in [-0.2, -0.15) is 5.10 Å². The largest absolute Gasteiger partial charge is 0.397 e. The Morgan fingerprint density at radius 3 is 2.70 bits per heavy atom. The zero-order valence-electron chi connectivity index (χ0n) is 19.7. The monoisotopic (exact) mass is 570 g/mol. The standard InChI is InChI=1S/C26H25BrF2N6O2/c27-17-3-7-19(8-4-17)35-13-20(25(33-35)15-1-5-18(28)6-2-15)26-34(24(36)14-37-26)10-9-16-11-22(30)23(32-31)12-21(16)29/h1-7,11-13,19,26,32H,8-10,14,30-31H2. The van der Waals surface area contributed by atoms with Gasteiger partial charge in [0.25, 0.3) is 5.91 Å². The highest BCUT2D eigenvalue weighted by Crippen LogP contribution is 2.37. The molecular formula is C26H25BrF2N6O2. The van der Waals surface area contributed by atoms with Crippen molar-refractivity contribution in [1.29, 1.82) is 0 Å². The molecule has 37 heavy (non-hydrogen) atoms. The topological polar surface area (TPSA) is 111 Å². The van der Waals surface area contributed by atoms with Gasteiger partial charge < -0.3 is 20.8 Å². The van der Waals surface area contributed by atoms with Gasteiger partial charge >= 0.3 is 0 Å². The van der Waals surface area contributed by atoms with Gasteiger partial charge in [0.2, 0.25) is 0 Å². The van der Waals surface area contributed by atoms with Gasteiger partial charge in [0, 0.05) is 34.4 Å². The third-order valence-electron chi connectivity index (χ3n) is 6.48. The van der Waals surface area contributed by atoms with Gasteiger partial charge in [-0.1, -0.05) is 34.2 Å². The van der Waals surface area contributed by atoms with Crippen LogP contribution in [0.5, 0.6) is 0 Å². The number of carbonyl (C=O) groups is 1. The number of hydrazine groups is 1. The van der Waals surface area contributed by atoms with E-state index in [1.807, 2.05) is 23.0 Å². The number of ether oxygens (including phenoxy) is 1. The molecule has 0 bridgehead atoms. The smallest absolute Gasteiger partial charge is 0.250 e. The SMILES string of the molecule is NNc1cc(F)c(CCN2C(=O)COC2c2cn(C3C=CC(Br)=CC3)nc2-c2ccc(F)cc2)cc1N. The maximum absolute atomic E-state index is 14.6. The maximum Gasteiger partial charge on any atom is 0.250 e. The van der Waals surface area contributed by atoms with Gasteiger partial charge in [-0.25, -0.2) is 8.78 Å². The number of nitrogens with one attached hydrogen (secondary N) is 1. The summed E-state index contributed by atoms with van der Waals surface area (Å²) in [7, 11) is 0. The second-order valence-electron chi connectivity index (χ2n) is 8.85. The molecule has 1 saturated heterocycles. The summed E-state index contributed by atoms with van der Waals surface area (Å²) in [6, 6.07) is 8.71. The predicted molar refractivity (Wildman–Crippen MR) is 140 cm³/mol. The minimum atomic E-state index is -0.735. The minimum Gasteiger partial charge on any atom is -0.397 e. The summed E-state index contributed by atoms with van der Waals surface area (Å²) in [5.74, 6) is 4.31. The predicted octanol–water partition coefficient (Wildman–Crippen LogP) is 4.58. The summed E-state index contributed by atoms with van der Waals surface area (Å²) in [5.41, 5.74) is 11.2. The lowest BCUT2D eigenvalue weighted by Gasteiger charge is -2.23. The number of allylic oxidation sites excluding steroid dienone is 4. The van der Waals surface area contributed by atoms with E-state index < -0.39 is 12.0 Å². The molecule has 0 spiro atoms. The molecule has 11 heteroatoms. The number of aromatic nitrogens is 2. The molecule has 2 heterocycles. The summed E-state index contributed by atoms with van der Waals surface area (Å²) >= 11 is 3.47. The van der Waals surface area contributed by atoms with Crippen LogP contribution < -0.4 is 17.0 Å². The fourth-order valence-electron chi connectivity index (χ4n) is 4.52. The lowest BCUT2D eigenvalue weighted by atomic mass is 10.1. The van der Waals surface area contributed by atoms with Crippen molar-refractivity contribution in [2.45, 2.75) is 25.1 Å². The average molecular weight is 571 g/mol. The third kappa shape index (κ3) is 5.15. The molecule has 2 aliphatic rings. The normalized spacial score (nSPS) is 19.4. The zero-order chi connectivity index (χ0) is 26.1. The van der Waals surface area contributed by atoms with Gasteiger partial charge in [0.15, 0.2) is 6.23 Å². The quantitative estimate of drug-likeness (QED) is 0.218. The van der Waals surface area contributed by atoms with Crippen LogP contribution in [0.25, 0.3) is 11.3 Å². The fourth-order valence-corrected chi connectivity index (χ4v) is 4.86. The van der Waals surface area contributed by atoms with Crippen molar-refractivity contribution in [2.75, 3.05) is 24.3 Å². The first-order valence-corrected chi connectivity index (χ1v) is 12.5. The first-order valence-electron chi connectivity index (χ1n) is 11.7. The number of carbonyl (C=O) groups excluding carboxylic acids is 1. The van der Waals surface area contributed by atoms with E-state index in [-0.39, 0.29) is 43.0 Å². The first-order chi connectivity index (χ1) is 17.8. The van der Waals surface area contributed by atoms with Crippen LogP contribution in [0, 0.1) is 11.6 Å². The van der Waals surface area contributed by atoms with Crippen LogP contribution >= 0.6 is 15.9 Å². The van der Waals surface area contributed by atoms with Gasteiger partial charge in [-0.15, -0.1) is 0 Å².